The van der Waals surface area contributed by atoms with Crippen LogP contribution in [0.15, 0.2) is 46.0 Å². The molecule has 2 aliphatic heterocycles. The summed E-state index contributed by atoms with van der Waals surface area (Å²) >= 11 is 1.56. The molecule has 3 heterocycles. The molecule has 0 unspecified atom stereocenters. The van der Waals surface area contributed by atoms with Crippen molar-refractivity contribution in [1.29, 1.82) is 0 Å². The first-order valence-electron chi connectivity index (χ1n) is 9.10. The third-order valence-electron chi connectivity index (χ3n) is 4.98. The fraction of sp³-hybridized carbons (Fsp3) is 0.368. The number of carbonyl (C=O) groups excluding carboxylic acids is 2. The number of benzene rings is 1. The van der Waals surface area contributed by atoms with Crippen LogP contribution in [0.25, 0.3) is 0 Å². The normalized spacial score (nSPS) is 19.4. The van der Waals surface area contributed by atoms with Gasteiger partial charge in [-0.1, -0.05) is 0 Å². The van der Waals surface area contributed by atoms with Crippen molar-refractivity contribution < 1.29 is 22.7 Å². The Labute approximate surface area is 167 Å². The molecular weight excluding hydrogens is 400 g/mol. The van der Waals surface area contributed by atoms with Gasteiger partial charge in [0.15, 0.2) is 0 Å². The number of carbonyl (C=O) groups is 2. The predicted octanol–water partition coefficient (Wildman–Crippen LogP) is 2.63. The molecule has 4 rings (SSSR count). The standard InChI is InChI=1S/C19H20N2O5S2/c22-18-5-6-19(23)21(18)14-1-3-17(4-2-14)28(24,25)20-10-7-15(8-11-20)26-16-9-12-27-13-16/h1-4,9,12-13,15H,5-8,10-11H2. The number of imide groups is 1. The molecule has 2 amide bonds. The molecule has 1 aromatic carbocycles. The third-order valence-corrected chi connectivity index (χ3v) is 7.56. The van der Waals surface area contributed by atoms with Gasteiger partial charge in [-0.25, -0.2) is 8.42 Å². The van der Waals surface area contributed by atoms with Gasteiger partial charge in [0.25, 0.3) is 0 Å². The number of nitrogens with zero attached hydrogens (tertiary/aromatic N) is 2. The highest BCUT2D eigenvalue weighted by molar-refractivity contribution is 7.89. The van der Waals surface area contributed by atoms with Gasteiger partial charge in [-0.3, -0.25) is 14.5 Å². The lowest BCUT2D eigenvalue weighted by molar-refractivity contribution is -0.121. The summed E-state index contributed by atoms with van der Waals surface area (Å²) in [6, 6.07) is 7.85. The Bertz CT molecular complexity index is 946. The zero-order chi connectivity index (χ0) is 19.7. The molecule has 9 heteroatoms. The van der Waals surface area contributed by atoms with E-state index in [-0.39, 0.29) is 35.7 Å². The van der Waals surface area contributed by atoms with E-state index in [4.69, 9.17) is 4.74 Å². The Balaban J connectivity index is 1.42. The van der Waals surface area contributed by atoms with Crippen LogP contribution in [-0.2, 0) is 19.6 Å². The molecule has 2 fully saturated rings. The molecule has 0 radical (unpaired) electrons. The number of anilines is 1. The summed E-state index contributed by atoms with van der Waals surface area (Å²) in [6.07, 6.45) is 1.66. The zero-order valence-electron chi connectivity index (χ0n) is 15.1. The molecule has 1 aromatic heterocycles. The van der Waals surface area contributed by atoms with Gasteiger partial charge in [-0.05, 0) is 48.6 Å². The molecule has 2 saturated heterocycles. The van der Waals surface area contributed by atoms with Crippen LogP contribution in [0.1, 0.15) is 25.7 Å². The number of hydrogen-bond acceptors (Lipinski definition) is 6. The van der Waals surface area contributed by atoms with Gasteiger partial charge in [0.1, 0.15) is 11.9 Å². The van der Waals surface area contributed by atoms with Gasteiger partial charge in [-0.2, -0.15) is 4.31 Å². The summed E-state index contributed by atoms with van der Waals surface area (Å²) in [5, 5.41) is 3.88. The summed E-state index contributed by atoms with van der Waals surface area (Å²) in [6.45, 7) is 0.782. The van der Waals surface area contributed by atoms with Crippen molar-refractivity contribution in [3.63, 3.8) is 0 Å². The van der Waals surface area contributed by atoms with Gasteiger partial charge < -0.3 is 4.74 Å². The Morgan fingerprint density at radius 1 is 0.964 bits per heavy atom. The SMILES string of the molecule is O=C1CCC(=O)N1c1ccc(S(=O)(=O)N2CCC(Oc3ccsc3)CC2)cc1. The molecule has 0 bridgehead atoms. The van der Waals surface area contributed by atoms with Crippen molar-refractivity contribution in [1.82, 2.24) is 4.31 Å². The number of rotatable bonds is 5. The van der Waals surface area contributed by atoms with Crippen LogP contribution in [-0.4, -0.2) is 43.7 Å². The van der Waals surface area contributed by atoms with E-state index in [1.54, 1.807) is 11.3 Å². The van der Waals surface area contributed by atoms with Gasteiger partial charge in [0, 0.05) is 31.3 Å². The first-order valence-corrected chi connectivity index (χ1v) is 11.5. The molecule has 148 valence electrons. The molecule has 0 spiro atoms. The quantitative estimate of drug-likeness (QED) is 0.695. The molecule has 2 aromatic rings. The molecular formula is C19H20N2O5S2. The van der Waals surface area contributed by atoms with Crippen LogP contribution in [0.4, 0.5) is 5.69 Å². The highest BCUT2D eigenvalue weighted by Gasteiger charge is 2.32. The van der Waals surface area contributed by atoms with Crippen LogP contribution >= 0.6 is 11.3 Å². The van der Waals surface area contributed by atoms with Crippen molar-refractivity contribution >= 4 is 38.9 Å². The van der Waals surface area contributed by atoms with Crippen molar-refractivity contribution in [2.24, 2.45) is 0 Å². The molecule has 2 aliphatic rings. The summed E-state index contributed by atoms with van der Waals surface area (Å²) in [5.74, 6) is 0.314. The lowest BCUT2D eigenvalue weighted by atomic mass is 10.1. The van der Waals surface area contributed by atoms with E-state index in [9.17, 15) is 18.0 Å². The van der Waals surface area contributed by atoms with Crippen LogP contribution in [0.5, 0.6) is 5.75 Å². The lowest BCUT2D eigenvalue weighted by Crippen LogP contribution is -2.41. The highest BCUT2D eigenvalue weighted by Crippen LogP contribution is 2.27. The Morgan fingerprint density at radius 2 is 1.61 bits per heavy atom. The first kappa shape index (κ1) is 19.1. The zero-order valence-corrected chi connectivity index (χ0v) is 16.7. The number of thiophene rings is 1. The second-order valence-corrected chi connectivity index (χ2v) is 9.52. The van der Waals surface area contributed by atoms with Crippen LogP contribution in [0.2, 0.25) is 0 Å². The predicted molar refractivity (Wildman–Crippen MR) is 105 cm³/mol. The van der Waals surface area contributed by atoms with E-state index in [0.29, 0.717) is 31.6 Å². The summed E-state index contributed by atoms with van der Waals surface area (Å²) in [5.41, 5.74) is 0.411. The number of sulfonamides is 1. The van der Waals surface area contributed by atoms with Gasteiger partial charge in [-0.15, -0.1) is 11.3 Å². The van der Waals surface area contributed by atoms with E-state index in [2.05, 4.69) is 0 Å². The monoisotopic (exact) mass is 420 g/mol. The summed E-state index contributed by atoms with van der Waals surface area (Å²) in [4.78, 5) is 24.9. The van der Waals surface area contributed by atoms with E-state index in [1.807, 2.05) is 16.8 Å². The average molecular weight is 421 g/mol. The minimum Gasteiger partial charge on any atom is -0.489 e. The van der Waals surface area contributed by atoms with E-state index in [0.717, 1.165) is 10.6 Å². The smallest absolute Gasteiger partial charge is 0.243 e. The van der Waals surface area contributed by atoms with Gasteiger partial charge in [0.05, 0.1) is 10.6 Å². The largest absolute Gasteiger partial charge is 0.489 e. The molecule has 7 nitrogen and oxygen atoms in total. The maximum atomic E-state index is 12.9. The van der Waals surface area contributed by atoms with E-state index >= 15 is 0 Å². The Kier molecular flexibility index (Phi) is 5.22. The second kappa shape index (κ2) is 7.65. The van der Waals surface area contributed by atoms with E-state index < -0.39 is 10.0 Å². The third kappa shape index (κ3) is 3.69. The minimum absolute atomic E-state index is 0.00983. The van der Waals surface area contributed by atoms with Crippen LogP contribution in [0.3, 0.4) is 0 Å². The maximum Gasteiger partial charge on any atom is 0.243 e. The maximum absolute atomic E-state index is 12.9. The second-order valence-electron chi connectivity index (χ2n) is 6.80. The topological polar surface area (TPSA) is 84.0 Å². The first-order chi connectivity index (χ1) is 13.4. The lowest BCUT2D eigenvalue weighted by Gasteiger charge is -2.31. The fourth-order valence-corrected chi connectivity index (χ4v) is 5.51. The highest BCUT2D eigenvalue weighted by atomic mass is 32.2. The Hall–Kier alpha value is -2.23. The van der Waals surface area contributed by atoms with Gasteiger partial charge in [0.2, 0.25) is 21.8 Å². The minimum atomic E-state index is -3.62. The summed E-state index contributed by atoms with van der Waals surface area (Å²) < 4.78 is 33.2. The van der Waals surface area contributed by atoms with Crippen LogP contribution in [0, 0.1) is 0 Å². The fourth-order valence-electron chi connectivity index (χ4n) is 3.48. The van der Waals surface area contributed by atoms with Crippen LogP contribution < -0.4 is 9.64 Å². The summed E-state index contributed by atoms with van der Waals surface area (Å²) in [7, 11) is -3.62. The van der Waals surface area contributed by atoms with E-state index in [1.165, 1.54) is 28.6 Å². The van der Waals surface area contributed by atoms with Crippen molar-refractivity contribution in [2.45, 2.75) is 36.7 Å². The van der Waals surface area contributed by atoms with Crippen molar-refractivity contribution in [3.8, 4) is 5.75 Å². The molecule has 0 N–H and O–H groups in total. The molecule has 0 aliphatic carbocycles. The number of ether oxygens (including phenoxy) is 1. The molecule has 0 saturated carbocycles. The van der Waals surface area contributed by atoms with Crippen molar-refractivity contribution in [3.05, 3.63) is 41.1 Å². The van der Waals surface area contributed by atoms with Crippen molar-refractivity contribution in [2.75, 3.05) is 18.0 Å². The number of hydrogen-bond donors (Lipinski definition) is 0. The number of piperidine rings is 1. The Morgan fingerprint density at radius 3 is 2.18 bits per heavy atom. The molecule has 0 atom stereocenters. The number of amides is 2. The molecule has 28 heavy (non-hydrogen) atoms. The van der Waals surface area contributed by atoms with Gasteiger partial charge >= 0.3 is 0 Å². The average Bonchev–Trinajstić information content (AvgIpc) is 3.32.